The summed E-state index contributed by atoms with van der Waals surface area (Å²) < 4.78 is 27.9. The molecule has 0 radical (unpaired) electrons. The van der Waals surface area contributed by atoms with Crippen LogP contribution in [-0.4, -0.2) is 84.0 Å². The van der Waals surface area contributed by atoms with Crippen molar-refractivity contribution >= 4 is 56.9 Å². The van der Waals surface area contributed by atoms with Gasteiger partial charge in [0.1, 0.15) is 46.2 Å². The lowest BCUT2D eigenvalue weighted by Gasteiger charge is -2.30. The van der Waals surface area contributed by atoms with E-state index in [9.17, 15) is 28.5 Å². The fourth-order valence-corrected chi connectivity index (χ4v) is 9.40. The third kappa shape index (κ3) is 8.29. The van der Waals surface area contributed by atoms with Gasteiger partial charge in [0.25, 0.3) is 11.8 Å². The maximum absolute atomic E-state index is 14.7. The first-order chi connectivity index (χ1) is 26.7. The van der Waals surface area contributed by atoms with Gasteiger partial charge in [0.05, 0.1) is 27.8 Å². The van der Waals surface area contributed by atoms with Gasteiger partial charge in [0, 0.05) is 34.2 Å². The molecule has 0 bridgehead atoms. The number of allylic oxidation sites excluding steroid dienone is 1. The van der Waals surface area contributed by atoms with Crippen LogP contribution in [0.4, 0.5) is 0 Å². The molecule has 7 rings (SSSR count). The fraction of sp³-hybridized carbons (Fsp3) is 0.537. The van der Waals surface area contributed by atoms with Gasteiger partial charge >= 0.3 is 0 Å². The Bertz CT molecular complexity index is 2100. The van der Waals surface area contributed by atoms with Crippen molar-refractivity contribution in [3.63, 3.8) is 0 Å². The zero-order valence-corrected chi connectivity index (χ0v) is 34.1. The number of nitrogens with one attached hydrogen (secondary N) is 3. The minimum Gasteiger partial charge on any atom is -0.508 e. The molecule has 4 heterocycles. The number of phenolic OH excluding ortho intramolecular Hbond substituents is 1. The number of amides is 4. The number of aryl methyl sites for hydroxylation is 2. The molecule has 300 valence electrons. The summed E-state index contributed by atoms with van der Waals surface area (Å²) in [7, 11) is -1.61. The Morgan fingerprint density at radius 2 is 1.91 bits per heavy atom. The molecular weight excluding hydrogens is 755 g/mol. The molecule has 1 unspecified atom stereocenters. The number of thiophene rings is 1. The van der Waals surface area contributed by atoms with E-state index < -0.39 is 57.2 Å². The third-order valence-corrected chi connectivity index (χ3v) is 14.0. The number of benzene rings is 1. The Labute approximate surface area is 333 Å². The molecule has 4 amide bonds. The molecule has 4 N–H and O–H groups in total. The lowest BCUT2D eigenvalue weighted by Crippen LogP contribution is -2.58. The monoisotopic (exact) mass is 805 g/mol. The maximum atomic E-state index is 14.7. The number of hydrogen-bond acceptors (Lipinski definition) is 10. The summed E-state index contributed by atoms with van der Waals surface area (Å²) in [5, 5.41) is 17.1. The van der Waals surface area contributed by atoms with Crippen LogP contribution >= 0.6 is 11.3 Å². The van der Waals surface area contributed by atoms with Gasteiger partial charge < -0.3 is 30.1 Å². The van der Waals surface area contributed by atoms with Crippen molar-refractivity contribution in [1.82, 2.24) is 25.2 Å². The summed E-state index contributed by atoms with van der Waals surface area (Å²) in [4.78, 5) is 64.2. The Hall–Kier alpha value is -4.50. The topological polar surface area (TPSA) is 176 Å². The Morgan fingerprint density at radius 1 is 1.12 bits per heavy atom. The number of phenols is 1. The predicted octanol–water partition coefficient (Wildman–Crippen LogP) is 5.28. The predicted molar refractivity (Wildman–Crippen MR) is 214 cm³/mol. The summed E-state index contributed by atoms with van der Waals surface area (Å²) in [5.41, 5.74) is -0.288. The number of hydrogen-bond donors (Lipinski definition) is 4. The minimum absolute atomic E-state index is 0.0214. The van der Waals surface area contributed by atoms with Gasteiger partial charge in [-0.05, 0) is 97.4 Å². The highest BCUT2D eigenvalue weighted by atomic mass is 32.2. The number of carbonyl (C=O) groups is 4. The molecule has 15 heteroatoms. The van der Waals surface area contributed by atoms with Crippen molar-refractivity contribution in [2.24, 2.45) is 5.92 Å². The third-order valence-electron chi connectivity index (χ3n) is 11.3. The number of fused-ring (bicyclic) bond motifs is 3. The fourth-order valence-electron chi connectivity index (χ4n) is 7.55. The van der Waals surface area contributed by atoms with Gasteiger partial charge in [-0.1, -0.05) is 25.0 Å². The van der Waals surface area contributed by atoms with Gasteiger partial charge in [0.15, 0.2) is 0 Å². The number of rotatable bonds is 9. The number of aromatic hydroxyl groups is 1. The van der Waals surface area contributed by atoms with Crippen molar-refractivity contribution in [3.8, 4) is 17.4 Å². The quantitative estimate of drug-likeness (QED) is 0.210. The Morgan fingerprint density at radius 3 is 2.62 bits per heavy atom. The smallest absolute Gasteiger partial charge is 0.262 e. The second kappa shape index (κ2) is 15.8. The standard InChI is InChI=1S/C41H51N5O8S2/c1-23(2)53-34-20-32(28-14-15-31(47)25(4)35(28)43-34)54-27-19-30-36(48)44-41(39(51)45-56(52)40(5)17-18-40)21-26(41)11-9-7-6-8-10-12-29(38(50)46(30)22-27)42-37(49)33-16-13-24(3)55-33/h9,11,13-16,20,23,26-27,29-30,47H,6-8,10,12,17-19,21-22H2,1-5H3,(H,42,49)(H,44,48)(H,45,51)/b11-9-/t26-,27-,29+,30+,41-,56?/m1/s1. The molecule has 1 aromatic carbocycles. The first kappa shape index (κ1) is 39.7. The molecule has 6 atom stereocenters. The van der Waals surface area contributed by atoms with Crippen LogP contribution in [0.2, 0.25) is 0 Å². The van der Waals surface area contributed by atoms with Crippen LogP contribution in [0.1, 0.15) is 98.7 Å². The molecule has 4 aliphatic rings. The number of ether oxygens (including phenoxy) is 2. The number of pyridine rings is 1. The largest absolute Gasteiger partial charge is 0.508 e. The van der Waals surface area contributed by atoms with Crippen LogP contribution in [0.3, 0.4) is 0 Å². The lowest BCUT2D eigenvalue weighted by atomic mass is 10.0. The van der Waals surface area contributed by atoms with E-state index in [1.54, 1.807) is 31.2 Å². The molecule has 3 fully saturated rings. The van der Waals surface area contributed by atoms with Gasteiger partial charge in [-0.2, -0.15) is 0 Å². The van der Waals surface area contributed by atoms with Crippen molar-refractivity contribution in [3.05, 3.63) is 57.8 Å². The first-order valence-electron chi connectivity index (χ1n) is 19.5. The van der Waals surface area contributed by atoms with Gasteiger partial charge in [-0.15, -0.1) is 11.3 Å². The van der Waals surface area contributed by atoms with E-state index in [0.29, 0.717) is 52.2 Å². The summed E-state index contributed by atoms with van der Waals surface area (Å²) >= 11 is 1.34. The molecule has 56 heavy (non-hydrogen) atoms. The lowest BCUT2D eigenvalue weighted by molar-refractivity contribution is -0.141. The van der Waals surface area contributed by atoms with E-state index >= 15 is 0 Å². The number of carbonyl (C=O) groups excluding carboxylic acids is 4. The Balaban J connectivity index is 1.22. The van der Waals surface area contributed by atoms with Crippen molar-refractivity contribution in [2.45, 2.75) is 127 Å². The highest BCUT2D eigenvalue weighted by molar-refractivity contribution is 7.85. The van der Waals surface area contributed by atoms with Gasteiger partial charge in [-0.3, -0.25) is 23.9 Å². The highest BCUT2D eigenvalue weighted by Crippen LogP contribution is 2.47. The molecule has 0 spiro atoms. The maximum Gasteiger partial charge on any atom is 0.262 e. The van der Waals surface area contributed by atoms with Crippen molar-refractivity contribution in [2.75, 3.05) is 6.54 Å². The Kier molecular flexibility index (Phi) is 11.2. The molecular formula is C41H51N5O8S2. The van der Waals surface area contributed by atoms with E-state index in [4.69, 9.17) is 9.47 Å². The molecule has 2 aliphatic carbocycles. The second-order valence-electron chi connectivity index (χ2n) is 16.1. The zero-order valence-electron chi connectivity index (χ0n) is 32.5. The van der Waals surface area contributed by atoms with Gasteiger partial charge in [0.2, 0.25) is 17.7 Å². The summed E-state index contributed by atoms with van der Waals surface area (Å²) in [6.07, 6.45) is 8.48. The van der Waals surface area contributed by atoms with Crippen LogP contribution < -0.4 is 24.8 Å². The van der Waals surface area contributed by atoms with Crippen LogP contribution in [0.15, 0.2) is 42.5 Å². The van der Waals surface area contributed by atoms with Crippen LogP contribution in [0.25, 0.3) is 10.9 Å². The second-order valence-corrected chi connectivity index (χ2v) is 19.2. The normalized spacial score (nSPS) is 27.2. The van der Waals surface area contributed by atoms with Crippen LogP contribution in [0.5, 0.6) is 17.4 Å². The first-order valence-corrected chi connectivity index (χ1v) is 21.5. The van der Waals surface area contributed by atoms with E-state index in [1.165, 1.54) is 16.2 Å². The average molecular weight is 806 g/mol. The molecule has 2 saturated carbocycles. The highest BCUT2D eigenvalue weighted by Gasteiger charge is 2.62. The van der Waals surface area contributed by atoms with E-state index in [1.807, 2.05) is 45.9 Å². The molecule has 1 saturated heterocycles. The van der Waals surface area contributed by atoms with Crippen LogP contribution in [0, 0.1) is 19.8 Å². The van der Waals surface area contributed by atoms with Crippen LogP contribution in [-0.2, 0) is 25.4 Å². The van der Waals surface area contributed by atoms with E-state index in [0.717, 1.165) is 37.0 Å². The molecule has 2 aromatic heterocycles. The zero-order chi connectivity index (χ0) is 39.9. The van der Waals surface area contributed by atoms with Gasteiger partial charge in [-0.25, -0.2) is 9.19 Å². The number of nitrogens with zero attached hydrogens (tertiary/aromatic N) is 2. The molecule has 13 nitrogen and oxygen atoms in total. The van der Waals surface area contributed by atoms with E-state index in [2.05, 4.69) is 20.3 Å². The van der Waals surface area contributed by atoms with Crippen molar-refractivity contribution in [1.29, 1.82) is 0 Å². The minimum atomic E-state index is -1.61. The SMILES string of the molecule is Cc1ccc(C(=O)N[C@H]2CCCCC/C=C\[C@@H]3C[C@@]3(C(=O)NS(=O)C3(C)CC3)NC(=O)[C@@H]3C[C@@H](Oc4cc(OC(C)C)nc5c(C)c(O)ccc45)CN3C2=O)s1. The number of aromatic nitrogens is 1. The molecule has 2 aliphatic heterocycles. The summed E-state index contributed by atoms with van der Waals surface area (Å²) in [6, 6.07) is 6.57. The summed E-state index contributed by atoms with van der Waals surface area (Å²) in [5.74, 6) is -1.34. The van der Waals surface area contributed by atoms with Crippen molar-refractivity contribution < 1.29 is 38.0 Å². The summed E-state index contributed by atoms with van der Waals surface area (Å²) in [6.45, 7) is 9.30. The average Bonchev–Trinajstić information content (AvgIpc) is 3.94. The molecule has 3 aromatic rings. The van der Waals surface area contributed by atoms with E-state index in [-0.39, 0.29) is 36.6 Å².